The molecule has 0 radical (unpaired) electrons. The SMILES string of the molecule is CCN(CC)c1cc(C)c2cc(NC(=O)C=Cc3ccc(Br)cc3)ccc2n1. The minimum Gasteiger partial charge on any atom is -0.357 e. The fourth-order valence-corrected chi connectivity index (χ4v) is 3.36. The minimum atomic E-state index is -0.160. The van der Waals surface area contributed by atoms with Crippen LogP contribution in [0.4, 0.5) is 11.5 Å². The Balaban J connectivity index is 1.78. The molecule has 2 aromatic carbocycles. The van der Waals surface area contributed by atoms with E-state index in [2.05, 4.69) is 53.0 Å². The molecule has 0 aliphatic rings. The first-order valence-electron chi connectivity index (χ1n) is 9.41. The van der Waals surface area contributed by atoms with E-state index >= 15 is 0 Å². The Kier molecular flexibility index (Phi) is 6.47. The lowest BCUT2D eigenvalue weighted by atomic mass is 10.1. The van der Waals surface area contributed by atoms with Crippen LogP contribution in [0.5, 0.6) is 0 Å². The predicted molar refractivity (Wildman–Crippen MR) is 122 cm³/mol. The van der Waals surface area contributed by atoms with Crippen LogP contribution in [-0.4, -0.2) is 24.0 Å². The van der Waals surface area contributed by atoms with Crippen molar-refractivity contribution >= 4 is 50.3 Å². The molecule has 5 heteroatoms. The average Bonchev–Trinajstić information content (AvgIpc) is 2.69. The third kappa shape index (κ3) is 4.78. The van der Waals surface area contributed by atoms with Crippen LogP contribution >= 0.6 is 15.9 Å². The maximum absolute atomic E-state index is 12.3. The second kappa shape index (κ2) is 9.02. The van der Waals surface area contributed by atoms with Gasteiger partial charge in [-0.2, -0.15) is 0 Å². The van der Waals surface area contributed by atoms with Crippen LogP contribution in [0.2, 0.25) is 0 Å². The summed E-state index contributed by atoms with van der Waals surface area (Å²) in [7, 11) is 0. The molecule has 0 fully saturated rings. The highest BCUT2D eigenvalue weighted by molar-refractivity contribution is 9.10. The molecule has 0 bridgehead atoms. The Morgan fingerprint density at radius 1 is 1.11 bits per heavy atom. The Bertz CT molecular complexity index is 1010. The fraction of sp³-hybridized carbons (Fsp3) is 0.217. The molecule has 0 saturated carbocycles. The summed E-state index contributed by atoms with van der Waals surface area (Å²) in [6.07, 6.45) is 3.34. The summed E-state index contributed by atoms with van der Waals surface area (Å²) in [6, 6.07) is 15.7. The van der Waals surface area contributed by atoms with Gasteiger partial charge in [0, 0.05) is 34.7 Å². The molecule has 0 saturated heterocycles. The van der Waals surface area contributed by atoms with E-state index in [1.165, 1.54) is 0 Å². The normalized spacial score (nSPS) is 11.1. The van der Waals surface area contributed by atoms with Crippen molar-refractivity contribution in [1.29, 1.82) is 0 Å². The van der Waals surface area contributed by atoms with E-state index in [0.29, 0.717) is 0 Å². The van der Waals surface area contributed by atoms with E-state index in [1.807, 2.05) is 42.5 Å². The summed E-state index contributed by atoms with van der Waals surface area (Å²) in [5.41, 5.74) is 3.82. The Morgan fingerprint density at radius 2 is 1.82 bits per heavy atom. The Morgan fingerprint density at radius 3 is 2.50 bits per heavy atom. The number of benzene rings is 2. The molecule has 1 heterocycles. The number of anilines is 2. The van der Waals surface area contributed by atoms with Crippen molar-refractivity contribution in [2.24, 2.45) is 0 Å². The summed E-state index contributed by atoms with van der Waals surface area (Å²) in [5.74, 6) is 0.830. The number of hydrogen-bond donors (Lipinski definition) is 1. The van der Waals surface area contributed by atoms with Crippen LogP contribution in [0.25, 0.3) is 17.0 Å². The zero-order chi connectivity index (χ0) is 20.1. The first-order valence-corrected chi connectivity index (χ1v) is 10.2. The van der Waals surface area contributed by atoms with Crippen molar-refractivity contribution in [3.8, 4) is 0 Å². The standard InChI is InChI=1S/C23H24BrN3O/c1-4-27(5-2)22-14-16(3)20-15-19(11-12-21(20)26-22)25-23(28)13-8-17-6-9-18(24)10-7-17/h6-15H,4-5H2,1-3H3,(H,25,28). The molecule has 0 unspecified atom stereocenters. The molecular formula is C23H24BrN3O. The van der Waals surface area contributed by atoms with Crippen molar-refractivity contribution in [2.45, 2.75) is 20.8 Å². The smallest absolute Gasteiger partial charge is 0.248 e. The molecule has 0 atom stereocenters. The first-order chi connectivity index (χ1) is 13.5. The Hall–Kier alpha value is -2.66. The molecule has 0 aliphatic carbocycles. The number of halogens is 1. The number of carbonyl (C=O) groups is 1. The van der Waals surface area contributed by atoms with Gasteiger partial charge in [0.1, 0.15) is 5.82 Å². The van der Waals surface area contributed by atoms with Crippen LogP contribution in [0.15, 0.2) is 59.1 Å². The zero-order valence-corrected chi connectivity index (χ0v) is 18.0. The molecule has 3 aromatic rings. The second-order valence-electron chi connectivity index (χ2n) is 6.58. The number of fused-ring (bicyclic) bond motifs is 1. The van der Waals surface area contributed by atoms with Crippen LogP contribution in [-0.2, 0) is 4.79 Å². The highest BCUT2D eigenvalue weighted by Gasteiger charge is 2.09. The number of pyridine rings is 1. The Labute approximate surface area is 174 Å². The van der Waals surface area contributed by atoms with Gasteiger partial charge in [-0.05, 0) is 74.4 Å². The lowest BCUT2D eigenvalue weighted by Gasteiger charge is -2.21. The molecular weight excluding hydrogens is 414 g/mol. The highest BCUT2D eigenvalue weighted by atomic mass is 79.9. The maximum atomic E-state index is 12.3. The lowest BCUT2D eigenvalue weighted by molar-refractivity contribution is -0.111. The van der Waals surface area contributed by atoms with Crippen LogP contribution in [0.3, 0.4) is 0 Å². The average molecular weight is 438 g/mol. The van der Waals surface area contributed by atoms with Gasteiger partial charge in [-0.1, -0.05) is 28.1 Å². The van der Waals surface area contributed by atoms with Gasteiger partial charge >= 0.3 is 0 Å². The van der Waals surface area contributed by atoms with Gasteiger partial charge in [-0.15, -0.1) is 0 Å². The number of hydrogen-bond acceptors (Lipinski definition) is 3. The largest absolute Gasteiger partial charge is 0.357 e. The van der Waals surface area contributed by atoms with Crippen molar-refractivity contribution in [2.75, 3.05) is 23.3 Å². The monoisotopic (exact) mass is 437 g/mol. The number of rotatable bonds is 6. The maximum Gasteiger partial charge on any atom is 0.248 e. The molecule has 0 spiro atoms. The van der Waals surface area contributed by atoms with Crippen molar-refractivity contribution < 1.29 is 4.79 Å². The molecule has 28 heavy (non-hydrogen) atoms. The van der Waals surface area contributed by atoms with Crippen molar-refractivity contribution in [3.63, 3.8) is 0 Å². The van der Waals surface area contributed by atoms with Crippen LogP contribution < -0.4 is 10.2 Å². The van der Waals surface area contributed by atoms with Gasteiger partial charge in [0.15, 0.2) is 0 Å². The quantitative estimate of drug-likeness (QED) is 0.495. The van der Waals surface area contributed by atoms with Crippen molar-refractivity contribution in [1.82, 2.24) is 4.98 Å². The first kappa shape index (κ1) is 20.1. The van der Waals surface area contributed by atoms with Crippen LogP contribution in [0.1, 0.15) is 25.0 Å². The molecule has 4 nitrogen and oxygen atoms in total. The van der Waals surface area contributed by atoms with E-state index < -0.39 is 0 Å². The summed E-state index contributed by atoms with van der Waals surface area (Å²) in [6.45, 7) is 8.19. The van der Waals surface area contributed by atoms with Gasteiger partial charge in [0.05, 0.1) is 5.52 Å². The molecule has 144 valence electrons. The molecule has 0 aliphatic heterocycles. The third-order valence-corrected chi connectivity index (χ3v) is 5.18. The molecule has 1 N–H and O–H groups in total. The topological polar surface area (TPSA) is 45.2 Å². The van der Waals surface area contributed by atoms with E-state index in [9.17, 15) is 4.79 Å². The number of nitrogens with zero attached hydrogens (tertiary/aromatic N) is 2. The predicted octanol–water partition coefficient (Wildman–Crippen LogP) is 5.80. The van der Waals surface area contributed by atoms with Gasteiger partial charge in [-0.3, -0.25) is 4.79 Å². The van der Waals surface area contributed by atoms with Gasteiger partial charge in [0.25, 0.3) is 0 Å². The van der Waals surface area contributed by atoms with Crippen LogP contribution in [0, 0.1) is 6.92 Å². The highest BCUT2D eigenvalue weighted by Crippen LogP contribution is 2.25. The number of amides is 1. The summed E-state index contributed by atoms with van der Waals surface area (Å²) in [4.78, 5) is 19.3. The zero-order valence-electron chi connectivity index (χ0n) is 16.4. The summed E-state index contributed by atoms with van der Waals surface area (Å²) < 4.78 is 1.01. The van der Waals surface area contributed by atoms with Gasteiger partial charge in [-0.25, -0.2) is 4.98 Å². The van der Waals surface area contributed by atoms with Gasteiger partial charge < -0.3 is 10.2 Å². The number of nitrogens with one attached hydrogen (secondary N) is 1. The van der Waals surface area contributed by atoms with Crippen molar-refractivity contribution in [3.05, 3.63) is 70.2 Å². The minimum absolute atomic E-state index is 0.160. The molecule has 3 rings (SSSR count). The molecule has 1 aromatic heterocycles. The summed E-state index contributed by atoms with van der Waals surface area (Å²) >= 11 is 3.40. The lowest BCUT2D eigenvalue weighted by Crippen LogP contribution is -2.23. The fourth-order valence-electron chi connectivity index (χ4n) is 3.09. The third-order valence-electron chi connectivity index (χ3n) is 4.65. The van der Waals surface area contributed by atoms with E-state index in [4.69, 9.17) is 4.98 Å². The van der Waals surface area contributed by atoms with Gasteiger partial charge in [0.2, 0.25) is 5.91 Å². The van der Waals surface area contributed by atoms with E-state index in [1.54, 1.807) is 12.2 Å². The van der Waals surface area contributed by atoms with E-state index in [-0.39, 0.29) is 5.91 Å². The summed E-state index contributed by atoms with van der Waals surface area (Å²) in [5, 5.41) is 3.98. The van der Waals surface area contributed by atoms with E-state index in [0.717, 1.165) is 51.1 Å². The molecule has 1 amide bonds. The number of aryl methyl sites for hydroxylation is 1. The number of carbonyl (C=O) groups excluding carboxylic acids is 1. The second-order valence-corrected chi connectivity index (χ2v) is 7.49. The number of aromatic nitrogens is 1.